The van der Waals surface area contributed by atoms with Gasteiger partial charge in [0.1, 0.15) is 6.54 Å². The average Bonchev–Trinajstić information content (AvgIpc) is 2.05. The molecule has 0 bridgehead atoms. The zero-order valence-electron chi connectivity index (χ0n) is 6.67. The molecule has 1 rings (SSSR count). The molecule has 1 aromatic heterocycles. The molecule has 0 aromatic carbocycles. The van der Waals surface area contributed by atoms with Crippen molar-refractivity contribution in [2.45, 2.75) is 26.8 Å². The summed E-state index contributed by atoms with van der Waals surface area (Å²) in [5.74, 6) is 0. The predicted octanol–water partition coefficient (Wildman–Crippen LogP) is 1.56. The highest BCUT2D eigenvalue weighted by molar-refractivity contribution is 5.06. The van der Waals surface area contributed by atoms with E-state index in [1.54, 1.807) is 0 Å². The largest absolute Gasteiger partial charge is 0.205 e. The molecular formula is C9H14N+. The Kier molecular flexibility index (Phi) is 2.43. The molecule has 0 radical (unpaired) electrons. The van der Waals surface area contributed by atoms with Crippen LogP contribution in [0, 0.1) is 0 Å². The fraction of sp³-hybridized carbons (Fsp3) is 0.444. The zero-order valence-corrected chi connectivity index (χ0v) is 6.67. The number of hydrogen-bond donors (Lipinski definition) is 0. The highest BCUT2D eigenvalue weighted by atomic mass is 14.9. The summed E-state index contributed by atoms with van der Waals surface area (Å²) in [6.45, 7) is 5.38. The van der Waals surface area contributed by atoms with Gasteiger partial charge in [0, 0.05) is 12.1 Å². The number of hydrogen-bond acceptors (Lipinski definition) is 0. The summed E-state index contributed by atoms with van der Waals surface area (Å²) in [5, 5.41) is 0. The molecule has 0 saturated heterocycles. The van der Waals surface area contributed by atoms with Crippen LogP contribution in [0.1, 0.15) is 19.4 Å². The molecule has 0 unspecified atom stereocenters. The topological polar surface area (TPSA) is 3.88 Å². The summed E-state index contributed by atoms with van der Waals surface area (Å²) in [5.41, 5.74) is 1.41. The molecule has 0 aliphatic heterocycles. The molecule has 10 heavy (non-hydrogen) atoms. The molecule has 0 amide bonds. The molecule has 0 aliphatic rings. The Bertz CT molecular complexity index is 165. The van der Waals surface area contributed by atoms with Crippen molar-refractivity contribution in [3.8, 4) is 0 Å². The minimum absolute atomic E-state index is 1.06. The quantitative estimate of drug-likeness (QED) is 0.543. The first-order chi connectivity index (χ1) is 4.86. The Hall–Kier alpha value is -0.850. The van der Waals surface area contributed by atoms with Gasteiger partial charge < -0.3 is 0 Å². The molecule has 1 aromatic rings. The van der Waals surface area contributed by atoms with E-state index >= 15 is 0 Å². The van der Waals surface area contributed by atoms with Gasteiger partial charge in [-0.05, 0) is 18.9 Å². The van der Waals surface area contributed by atoms with Crippen LogP contribution in [0.25, 0.3) is 0 Å². The molecule has 0 atom stereocenters. The highest BCUT2D eigenvalue weighted by Crippen LogP contribution is 1.94. The van der Waals surface area contributed by atoms with Crippen molar-refractivity contribution in [3.63, 3.8) is 0 Å². The van der Waals surface area contributed by atoms with Crippen LogP contribution >= 0.6 is 0 Å². The highest BCUT2D eigenvalue weighted by Gasteiger charge is 1.93. The number of aryl methyl sites for hydroxylation is 2. The van der Waals surface area contributed by atoms with Crippen molar-refractivity contribution in [1.82, 2.24) is 0 Å². The first-order valence-electron chi connectivity index (χ1n) is 3.84. The first kappa shape index (κ1) is 7.26. The van der Waals surface area contributed by atoms with E-state index in [0.717, 1.165) is 13.0 Å². The third kappa shape index (κ3) is 1.56. The van der Waals surface area contributed by atoms with E-state index in [9.17, 15) is 0 Å². The third-order valence-electron chi connectivity index (χ3n) is 1.73. The molecular weight excluding hydrogens is 122 g/mol. The lowest BCUT2D eigenvalue weighted by Crippen LogP contribution is -2.30. The van der Waals surface area contributed by atoms with E-state index in [1.165, 1.54) is 5.56 Å². The second kappa shape index (κ2) is 3.35. The lowest BCUT2D eigenvalue weighted by Gasteiger charge is -1.93. The summed E-state index contributed by atoms with van der Waals surface area (Å²) in [6.07, 6.45) is 5.38. The average molecular weight is 136 g/mol. The Morgan fingerprint density at radius 2 is 1.80 bits per heavy atom. The van der Waals surface area contributed by atoms with Crippen LogP contribution in [0.5, 0.6) is 0 Å². The fourth-order valence-electron chi connectivity index (χ4n) is 0.935. The van der Waals surface area contributed by atoms with Crippen molar-refractivity contribution in [3.05, 3.63) is 30.1 Å². The van der Waals surface area contributed by atoms with Gasteiger partial charge in [-0.15, -0.1) is 0 Å². The lowest BCUT2D eigenvalue weighted by atomic mass is 10.2. The summed E-state index contributed by atoms with van der Waals surface area (Å²) in [7, 11) is 0. The Labute approximate surface area is 62.3 Å². The lowest BCUT2D eigenvalue weighted by molar-refractivity contribution is -0.693. The van der Waals surface area contributed by atoms with Crippen LogP contribution in [-0.4, -0.2) is 0 Å². The van der Waals surface area contributed by atoms with Gasteiger partial charge in [0.2, 0.25) is 0 Å². The maximum absolute atomic E-state index is 2.17. The van der Waals surface area contributed by atoms with Gasteiger partial charge >= 0.3 is 0 Å². The smallest absolute Gasteiger partial charge is 0.169 e. The fourth-order valence-corrected chi connectivity index (χ4v) is 0.935. The molecule has 0 spiro atoms. The molecule has 54 valence electrons. The van der Waals surface area contributed by atoms with Crippen molar-refractivity contribution in [2.24, 2.45) is 0 Å². The van der Waals surface area contributed by atoms with Crippen molar-refractivity contribution in [2.75, 3.05) is 0 Å². The van der Waals surface area contributed by atoms with Crippen LogP contribution in [0.3, 0.4) is 0 Å². The van der Waals surface area contributed by atoms with E-state index in [0.29, 0.717) is 0 Å². The van der Waals surface area contributed by atoms with Gasteiger partial charge in [-0.2, -0.15) is 0 Å². The first-order valence-corrected chi connectivity index (χ1v) is 3.84. The molecule has 0 aliphatic carbocycles. The van der Waals surface area contributed by atoms with Gasteiger partial charge in [-0.25, -0.2) is 4.57 Å². The minimum Gasteiger partial charge on any atom is -0.205 e. The number of aromatic nitrogens is 1. The summed E-state index contributed by atoms with van der Waals surface area (Å²) in [6, 6.07) is 4.34. The summed E-state index contributed by atoms with van der Waals surface area (Å²) < 4.78 is 2.17. The van der Waals surface area contributed by atoms with E-state index in [4.69, 9.17) is 0 Å². The van der Waals surface area contributed by atoms with Gasteiger partial charge in [0.25, 0.3) is 0 Å². The SMILES string of the molecule is CCc1cc[n+](CC)cc1. The van der Waals surface area contributed by atoms with Crippen LogP contribution < -0.4 is 4.57 Å². The maximum atomic E-state index is 2.17. The predicted molar refractivity (Wildman–Crippen MR) is 41.7 cm³/mol. The van der Waals surface area contributed by atoms with Crippen LogP contribution in [0.4, 0.5) is 0 Å². The Morgan fingerprint density at radius 1 is 1.20 bits per heavy atom. The van der Waals surface area contributed by atoms with Gasteiger partial charge in [-0.3, -0.25) is 0 Å². The molecule has 1 heterocycles. The minimum atomic E-state index is 1.06. The molecule has 1 nitrogen and oxygen atoms in total. The van der Waals surface area contributed by atoms with E-state index in [2.05, 4.69) is 42.9 Å². The van der Waals surface area contributed by atoms with Gasteiger partial charge in [-0.1, -0.05) is 6.92 Å². The maximum Gasteiger partial charge on any atom is 0.169 e. The van der Waals surface area contributed by atoms with E-state index < -0.39 is 0 Å². The third-order valence-corrected chi connectivity index (χ3v) is 1.73. The normalized spacial score (nSPS) is 9.80. The summed E-state index contributed by atoms with van der Waals surface area (Å²) >= 11 is 0. The molecule has 0 saturated carbocycles. The standard InChI is InChI=1S/C9H14N/c1-3-9-5-7-10(4-2)8-6-9/h5-8H,3-4H2,1-2H3/q+1. The van der Waals surface area contributed by atoms with Crippen molar-refractivity contribution >= 4 is 0 Å². The number of rotatable bonds is 2. The van der Waals surface area contributed by atoms with Crippen LogP contribution in [0.15, 0.2) is 24.5 Å². The number of nitrogens with zero attached hydrogens (tertiary/aromatic N) is 1. The zero-order chi connectivity index (χ0) is 7.40. The molecule has 1 heteroatoms. The van der Waals surface area contributed by atoms with Gasteiger partial charge in [0.15, 0.2) is 12.4 Å². The monoisotopic (exact) mass is 136 g/mol. The van der Waals surface area contributed by atoms with Crippen molar-refractivity contribution in [1.29, 1.82) is 0 Å². The van der Waals surface area contributed by atoms with Crippen LogP contribution in [0.2, 0.25) is 0 Å². The Morgan fingerprint density at radius 3 is 2.20 bits per heavy atom. The molecule has 0 N–H and O–H groups in total. The number of pyridine rings is 1. The van der Waals surface area contributed by atoms with E-state index in [1.807, 2.05) is 0 Å². The van der Waals surface area contributed by atoms with E-state index in [-0.39, 0.29) is 0 Å². The second-order valence-corrected chi connectivity index (χ2v) is 2.39. The summed E-state index contributed by atoms with van der Waals surface area (Å²) in [4.78, 5) is 0. The van der Waals surface area contributed by atoms with Crippen LogP contribution in [-0.2, 0) is 13.0 Å². The van der Waals surface area contributed by atoms with Crippen molar-refractivity contribution < 1.29 is 4.57 Å². The van der Waals surface area contributed by atoms with Gasteiger partial charge in [0.05, 0.1) is 0 Å². The Balaban J connectivity index is 2.80. The second-order valence-electron chi connectivity index (χ2n) is 2.39. The molecule has 0 fully saturated rings.